The van der Waals surface area contributed by atoms with Gasteiger partial charge in [-0.2, -0.15) is 0 Å². The molecule has 3 heteroatoms. The summed E-state index contributed by atoms with van der Waals surface area (Å²) >= 11 is 3.48. The minimum atomic E-state index is 0.264. The van der Waals surface area contributed by atoms with Gasteiger partial charge in [-0.25, -0.2) is 0 Å². The lowest BCUT2D eigenvalue weighted by molar-refractivity contribution is -0.192. The molecule has 2 fully saturated rings. The SMILES string of the molecule is CC1(C)C(NCc2ccc(Br)cc2)C2CCCOC21. The number of benzene rings is 1. The first kappa shape index (κ1) is 13.6. The zero-order valence-electron chi connectivity index (χ0n) is 11.7. The van der Waals surface area contributed by atoms with E-state index in [1.54, 1.807) is 0 Å². The number of fused-ring (bicyclic) bond motifs is 1. The second kappa shape index (κ2) is 5.19. The van der Waals surface area contributed by atoms with Gasteiger partial charge < -0.3 is 10.1 Å². The quantitative estimate of drug-likeness (QED) is 0.914. The van der Waals surface area contributed by atoms with E-state index in [1.807, 2.05) is 0 Å². The number of nitrogens with one attached hydrogen (secondary N) is 1. The highest BCUT2D eigenvalue weighted by Crippen LogP contribution is 2.51. The zero-order valence-corrected chi connectivity index (χ0v) is 13.2. The molecule has 3 unspecified atom stereocenters. The number of ether oxygens (including phenoxy) is 1. The number of hydrogen-bond acceptors (Lipinski definition) is 2. The molecule has 0 aromatic heterocycles. The van der Waals surface area contributed by atoms with Crippen LogP contribution in [-0.4, -0.2) is 18.8 Å². The van der Waals surface area contributed by atoms with Gasteiger partial charge in [0.1, 0.15) is 0 Å². The van der Waals surface area contributed by atoms with Crippen LogP contribution in [0.2, 0.25) is 0 Å². The lowest BCUT2D eigenvalue weighted by atomic mass is 9.55. The van der Waals surface area contributed by atoms with Gasteiger partial charge in [-0.3, -0.25) is 0 Å². The number of hydrogen-bond donors (Lipinski definition) is 1. The van der Waals surface area contributed by atoms with Crippen LogP contribution in [0.5, 0.6) is 0 Å². The molecule has 104 valence electrons. The Morgan fingerprint density at radius 3 is 2.79 bits per heavy atom. The fourth-order valence-electron chi connectivity index (χ4n) is 3.77. The highest BCUT2D eigenvalue weighted by molar-refractivity contribution is 9.10. The molecule has 1 aliphatic heterocycles. The Hall–Kier alpha value is -0.380. The molecule has 0 radical (unpaired) electrons. The lowest BCUT2D eigenvalue weighted by Gasteiger charge is -2.60. The van der Waals surface area contributed by atoms with Crippen molar-refractivity contribution >= 4 is 15.9 Å². The molecule has 2 nitrogen and oxygen atoms in total. The van der Waals surface area contributed by atoms with E-state index in [9.17, 15) is 0 Å². The van der Waals surface area contributed by atoms with Crippen molar-refractivity contribution < 1.29 is 4.74 Å². The Labute approximate surface area is 124 Å². The molecule has 19 heavy (non-hydrogen) atoms. The standard InChI is InChI=1S/C16H22BrNO/c1-16(2)14(13-4-3-9-19-15(13)16)18-10-11-5-7-12(17)8-6-11/h5-8,13-15,18H,3-4,9-10H2,1-2H3. The molecule has 0 bridgehead atoms. The molecule has 1 N–H and O–H groups in total. The predicted molar refractivity (Wildman–Crippen MR) is 81.0 cm³/mol. The maximum Gasteiger partial charge on any atom is 0.0684 e. The van der Waals surface area contributed by atoms with Gasteiger partial charge in [0.05, 0.1) is 6.10 Å². The predicted octanol–water partition coefficient (Wildman–Crippen LogP) is 3.74. The molecule has 3 rings (SSSR count). The Bertz CT molecular complexity index is 443. The summed E-state index contributed by atoms with van der Waals surface area (Å²) in [7, 11) is 0. The summed E-state index contributed by atoms with van der Waals surface area (Å²) in [5.74, 6) is 0.708. The van der Waals surface area contributed by atoms with Gasteiger partial charge in [-0.05, 0) is 30.5 Å². The molecule has 1 aromatic carbocycles. The van der Waals surface area contributed by atoms with Crippen molar-refractivity contribution in [1.29, 1.82) is 0 Å². The average Bonchev–Trinajstić information content (AvgIpc) is 2.41. The van der Waals surface area contributed by atoms with Crippen molar-refractivity contribution in [3.63, 3.8) is 0 Å². The molecule has 1 aliphatic carbocycles. The normalized spacial score (nSPS) is 32.5. The van der Waals surface area contributed by atoms with Crippen LogP contribution in [0, 0.1) is 11.3 Å². The third kappa shape index (κ3) is 2.48. The fraction of sp³-hybridized carbons (Fsp3) is 0.625. The van der Waals surface area contributed by atoms with Crippen LogP contribution in [0.15, 0.2) is 28.7 Å². The maximum atomic E-state index is 5.94. The van der Waals surface area contributed by atoms with Crippen molar-refractivity contribution in [2.45, 2.75) is 45.4 Å². The van der Waals surface area contributed by atoms with E-state index < -0.39 is 0 Å². The van der Waals surface area contributed by atoms with Gasteiger partial charge in [0.15, 0.2) is 0 Å². The monoisotopic (exact) mass is 323 g/mol. The van der Waals surface area contributed by atoms with Gasteiger partial charge in [-0.1, -0.05) is 41.9 Å². The first-order valence-corrected chi connectivity index (χ1v) is 7.98. The fourth-order valence-corrected chi connectivity index (χ4v) is 4.03. The molecule has 1 aromatic rings. The van der Waals surface area contributed by atoms with Gasteiger partial charge in [-0.15, -0.1) is 0 Å². The summed E-state index contributed by atoms with van der Waals surface area (Å²) in [5, 5.41) is 3.75. The minimum Gasteiger partial charge on any atom is -0.377 e. The summed E-state index contributed by atoms with van der Waals surface area (Å²) in [6.07, 6.45) is 2.99. The van der Waals surface area contributed by atoms with Crippen LogP contribution in [-0.2, 0) is 11.3 Å². The van der Waals surface area contributed by atoms with Crippen molar-refractivity contribution in [2.75, 3.05) is 6.61 Å². The average molecular weight is 324 g/mol. The summed E-state index contributed by atoms with van der Waals surface area (Å²) < 4.78 is 7.08. The summed E-state index contributed by atoms with van der Waals surface area (Å²) in [5.41, 5.74) is 1.61. The van der Waals surface area contributed by atoms with Crippen molar-refractivity contribution in [1.82, 2.24) is 5.32 Å². The second-order valence-corrected chi connectivity index (χ2v) is 7.32. The van der Waals surface area contributed by atoms with Gasteiger partial charge >= 0.3 is 0 Å². The molecule has 2 aliphatic rings. The zero-order chi connectivity index (χ0) is 13.5. The van der Waals surface area contributed by atoms with E-state index in [-0.39, 0.29) is 5.41 Å². The Balaban J connectivity index is 1.62. The smallest absolute Gasteiger partial charge is 0.0684 e. The lowest BCUT2D eigenvalue weighted by Crippen LogP contribution is -2.69. The second-order valence-electron chi connectivity index (χ2n) is 6.40. The molecular weight excluding hydrogens is 302 g/mol. The molecule has 1 saturated carbocycles. The summed E-state index contributed by atoms with van der Waals surface area (Å²) in [6.45, 7) is 6.56. The van der Waals surface area contributed by atoms with Crippen LogP contribution < -0.4 is 5.32 Å². The number of rotatable bonds is 3. The van der Waals surface area contributed by atoms with E-state index in [0.717, 1.165) is 17.6 Å². The van der Waals surface area contributed by atoms with E-state index >= 15 is 0 Å². The first-order valence-electron chi connectivity index (χ1n) is 7.18. The van der Waals surface area contributed by atoms with E-state index in [0.29, 0.717) is 18.1 Å². The van der Waals surface area contributed by atoms with Crippen molar-refractivity contribution in [3.8, 4) is 0 Å². The Morgan fingerprint density at radius 1 is 1.32 bits per heavy atom. The molecular formula is C16H22BrNO. The van der Waals surface area contributed by atoms with Crippen LogP contribution >= 0.6 is 15.9 Å². The van der Waals surface area contributed by atoms with Crippen LogP contribution in [0.3, 0.4) is 0 Å². The highest BCUT2D eigenvalue weighted by Gasteiger charge is 2.57. The maximum absolute atomic E-state index is 5.94. The Kier molecular flexibility index (Phi) is 3.71. The van der Waals surface area contributed by atoms with E-state index in [2.05, 4.69) is 59.4 Å². The number of halogens is 1. The van der Waals surface area contributed by atoms with E-state index in [1.165, 1.54) is 18.4 Å². The highest BCUT2D eigenvalue weighted by atomic mass is 79.9. The Morgan fingerprint density at radius 2 is 2.05 bits per heavy atom. The molecule has 3 atom stereocenters. The van der Waals surface area contributed by atoms with Gasteiger partial charge in [0, 0.05) is 35.0 Å². The largest absolute Gasteiger partial charge is 0.377 e. The van der Waals surface area contributed by atoms with Crippen LogP contribution in [0.1, 0.15) is 32.3 Å². The van der Waals surface area contributed by atoms with Gasteiger partial charge in [0.2, 0.25) is 0 Å². The topological polar surface area (TPSA) is 21.3 Å². The molecule has 1 heterocycles. The van der Waals surface area contributed by atoms with Crippen LogP contribution in [0.25, 0.3) is 0 Å². The van der Waals surface area contributed by atoms with Crippen molar-refractivity contribution in [2.24, 2.45) is 11.3 Å². The third-order valence-electron chi connectivity index (χ3n) is 4.77. The van der Waals surface area contributed by atoms with Crippen molar-refractivity contribution in [3.05, 3.63) is 34.3 Å². The molecule has 0 amide bonds. The summed E-state index contributed by atoms with van der Waals surface area (Å²) in [6, 6.07) is 9.15. The summed E-state index contributed by atoms with van der Waals surface area (Å²) in [4.78, 5) is 0. The molecule has 1 saturated heterocycles. The molecule has 0 spiro atoms. The van der Waals surface area contributed by atoms with Gasteiger partial charge in [0.25, 0.3) is 0 Å². The van der Waals surface area contributed by atoms with E-state index in [4.69, 9.17) is 4.74 Å². The third-order valence-corrected chi connectivity index (χ3v) is 5.30. The first-order chi connectivity index (χ1) is 9.09. The minimum absolute atomic E-state index is 0.264. The van der Waals surface area contributed by atoms with Crippen LogP contribution in [0.4, 0.5) is 0 Å².